The van der Waals surface area contributed by atoms with E-state index in [9.17, 15) is 4.79 Å². The van der Waals surface area contributed by atoms with Crippen LogP contribution in [0.2, 0.25) is 0 Å². The summed E-state index contributed by atoms with van der Waals surface area (Å²) < 4.78 is 0. The van der Waals surface area contributed by atoms with E-state index >= 15 is 0 Å². The van der Waals surface area contributed by atoms with Crippen molar-refractivity contribution in [3.05, 3.63) is 0 Å². The van der Waals surface area contributed by atoms with Crippen LogP contribution < -0.4 is 11.1 Å². The summed E-state index contributed by atoms with van der Waals surface area (Å²) in [5.41, 5.74) is 6.21. The van der Waals surface area contributed by atoms with E-state index in [-0.39, 0.29) is 17.9 Å². The van der Waals surface area contributed by atoms with Gasteiger partial charge >= 0.3 is 0 Å². The number of amides is 1. The fourth-order valence-corrected chi connectivity index (χ4v) is 4.74. The van der Waals surface area contributed by atoms with Crippen LogP contribution in [0.15, 0.2) is 0 Å². The quantitative estimate of drug-likeness (QED) is 0.749. The van der Waals surface area contributed by atoms with Crippen molar-refractivity contribution >= 4 is 5.91 Å². The van der Waals surface area contributed by atoms with Gasteiger partial charge in [0.15, 0.2) is 0 Å². The predicted octanol–water partition coefficient (Wildman–Crippen LogP) is 2.45. The van der Waals surface area contributed by atoms with Gasteiger partial charge in [0.2, 0.25) is 5.91 Å². The molecule has 3 aliphatic carbocycles. The van der Waals surface area contributed by atoms with Crippen molar-refractivity contribution in [1.29, 1.82) is 0 Å². The maximum absolute atomic E-state index is 12.3. The smallest absolute Gasteiger partial charge is 0.224 e. The van der Waals surface area contributed by atoms with Gasteiger partial charge in [-0.25, -0.2) is 0 Å². The third kappa shape index (κ3) is 2.81. The highest BCUT2D eigenvalue weighted by Gasteiger charge is 2.48. The largest absolute Gasteiger partial charge is 0.356 e. The van der Waals surface area contributed by atoms with Crippen LogP contribution in [-0.4, -0.2) is 18.5 Å². The first-order valence-electron chi connectivity index (χ1n) is 8.29. The van der Waals surface area contributed by atoms with E-state index in [1.807, 2.05) is 0 Å². The first kappa shape index (κ1) is 13.4. The van der Waals surface area contributed by atoms with Crippen molar-refractivity contribution in [2.45, 2.75) is 63.8 Å². The van der Waals surface area contributed by atoms with Crippen LogP contribution in [0, 0.1) is 23.7 Å². The molecule has 0 spiro atoms. The summed E-state index contributed by atoms with van der Waals surface area (Å²) in [6, 6.07) is 0.133. The summed E-state index contributed by atoms with van der Waals surface area (Å²) in [5, 5.41) is 3.14. The molecule has 2 bridgehead atoms. The maximum atomic E-state index is 12.3. The van der Waals surface area contributed by atoms with Gasteiger partial charge in [-0.1, -0.05) is 25.7 Å². The Hall–Kier alpha value is -0.570. The van der Waals surface area contributed by atoms with Crippen LogP contribution in [0.5, 0.6) is 0 Å². The predicted molar refractivity (Wildman–Crippen MR) is 76.5 cm³/mol. The molecule has 0 aromatic heterocycles. The van der Waals surface area contributed by atoms with E-state index in [2.05, 4.69) is 5.32 Å². The van der Waals surface area contributed by atoms with Crippen LogP contribution in [0.1, 0.15) is 57.8 Å². The van der Waals surface area contributed by atoms with E-state index < -0.39 is 0 Å². The number of hydrogen-bond donors (Lipinski definition) is 2. The number of carbonyl (C=O) groups is 1. The molecule has 0 aromatic rings. The van der Waals surface area contributed by atoms with Crippen molar-refractivity contribution in [1.82, 2.24) is 5.32 Å². The molecule has 1 amide bonds. The zero-order valence-electron chi connectivity index (χ0n) is 11.9. The summed E-state index contributed by atoms with van der Waals surface area (Å²) in [6.07, 6.45) is 11.7. The normalized spacial score (nSPS) is 37.9. The summed E-state index contributed by atoms with van der Waals surface area (Å²) in [6.45, 7) is 0.857. The van der Waals surface area contributed by atoms with Gasteiger partial charge in [0.25, 0.3) is 0 Å². The number of nitrogens with one attached hydrogen (secondary N) is 1. The van der Waals surface area contributed by atoms with Crippen LogP contribution in [0.3, 0.4) is 0 Å². The lowest BCUT2D eigenvalue weighted by Gasteiger charge is -2.27. The Morgan fingerprint density at radius 3 is 2.53 bits per heavy atom. The minimum Gasteiger partial charge on any atom is -0.356 e. The lowest BCUT2D eigenvalue weighted by Crippen LogP contribution is -2.45. The first-order valence-corrected chi connectivity index (χ1v) is 8.29. The molecule has 0 aromatic carbocycles. The molecule has 3 N–H and O–H groups in total. The van der Waals surface area contributed by atoms with Crippen molar-refractivity contribution in [2.24, 2.45) is 29.4 Å². The van der Waals surface area contributed by atoms with Crippen LogP contribution in [-0.2, 0) is 4.79 Å². The SMILES string of the molecule is NC1C2CCC(C2)C1C(=O)NCCCC1CCCC1. The molecule has 3 fully saturated rings. The van der Waals surface area contributed by atoms with Gasteiger partial charge in [-0.3, -0.25) is 4.79 Å². The average molecular weight is 264 g/mol. The molecule has 3 saturated carbocycles. The minimum atomic E-state index is 0.116. The van der Waals surface area contributed by atoms with Crippen molar-refractivity contribution in [3.8, 4) is 0 Å². The van der Waals surface area contributed by atoms with E-state index in [4.69, 9.17) is 5.73 Å². The molecule has 4 atom stereocenters. The Morgan fingerprint density at radius 1 is 1.11 bits per heavy atom. The van der Waals surface area contributed by atoms with Gasteiger partial charge in [0.05, 0.1) is 5.92 Å². The average Bonchev–Trinajstić information content (AvgIpc) is 3.10. The lowest BCUT2D eigenvalue weighted by atomic mass is 9.84. The third-order valence-corrected chi connectivity index (χ3v) is 5.85. The van der Waals surface area contributed by atoms with Crippen molar-refractivity contribution in [3.63, 3.8) is 0 Å². The van der Waals surface area contributed by atoms with E-state index in [1.54, 1.807) is 0 Å². The third-order valence-electron chi connectivity index (χ3n) is 5.85. The Labute approximate surface area is 116 Å². The zero-order chi connectivity index (χ0) is 13.2. The molecule has 3 rings (SSSR count). The van der Waals surface area contributed by atoms with Crippen LogP contribution in [0.25, 0.3) is 0 Å². The van der Waals surface area contributed by atoms with Crippen LogP contribution >= 0.6 is 0 Å². The van der Waals surface area contributed by atoms with Crippen molar-refractivity contribution < 1.29 is 4.79 Å². The first-order chi connectivity index (χ1) is 9.25. The molecule has 108 valence electrons. The molecule has 3 heteroatoms. The zero-order valence-corrected chi connectivity index (χ0v) is 11.9. The maximum Gasteiger partial charge on any atom is 0.224 e. The fourth-order valence-electron chi connectivity index (χ4n) is 4.74. The highest BCUT2D eigenvalue weighted by atomic mass is 16.1. The second kappa shape index (κ2) is 5.82. The van der Waals surface area contributed by atoms with E-state index in [1.165, 1.54) is 51.4 Å². The minimum absolute atomic E-state index is 0.116. The van der Waals surface area contributed by atoms with Crippen molar-refractivity contribution in [2.75, 3.05) is 6.54 Å². The van der Waals surface area contributed by atoms with Gasteiger partial charge < -0.3 is 11.1 Å². The molecule has 3 nitrogen and oxygen atoms in total. The number of rotatable bonds is 5. The van der Waals surface area contributed by atoms with Gasteiger partial charge in [-0.15, -0.1) is 0 Å². The molecule has 3 aliphatic rings. The highest BCUT2D eigenvalue weighted by Crippen LogP contribution is 2.47. The molecular weight excluding hydrogens is 236 g/mol. The summed E-state index contributed by atoms with van der Waals surface area (Å²) in [4.78, 5) is 12.3. The summed E-state index contributed by atoms with van der Waals surface area (Å²) in [7, 11) is 0. The number of hydrogen-bond acceptors (Lipinski definition) is 2. The summed E-state index contributed by atoms with van der Waals surface area (Å²) in [5.74, 6) is 2.49. The molecule has 19 heavy (non-hydrogen) atoms. The standard InChI is InChI=1S/C16H28N2O/c17-15-13-8-7-12(10-13)14(15)16(19)18-9-3-6-11-4-1-2-5-11/h11-15H,1-10,17H2,(H,18,19). The second-order valence-corrected chi connectivity index (χ2v) is 7.02. The number of carbonyl (C=O) groups excluding carboxylic acids is 1. The molecule has 0 saturated heterocycles. The molecule has 4 unspecified atom stereocenters. The topological polar surface area (TPSA) is 55.1 Å². The Morgan fingerprint density at radius 2 is 1.84 bits per heavy atom. The van der Waals surface area contributed by atoms with Gasteiger partial charge in [-0.2, -0.15) is 0 Å². The van der Waals surface area contributed by atoms with Crippen LogP contribution in [0.4, 0.5) is 0 Å². The molecule has 0 radical (unpaired) electrons. The Bertz CT molecular complexity index is 323. The van der Waals surface area contributed by atoms with E-state index in [0.29, 0.717) is 11.8 Å². The second-order valence-electron chi connectivity index (χ2n) is 7.02. The van der Waals surface area contributed by atoms with Gasteiger partial charge in [-0.05, 0) is 49.9 Å². The Balaban J connectivity index is 1.37. The fraction of sp³-hybridized carbons (Fsp3) is 0.938. The molecular formula is C16H28N2O. The molecule has 0 heterocycles. The molecule has 0 aliphatic heterocycles. The Kier molecular flexibility index (Phi) is 4.11. The highest BCUT2D eigenvalue weighted by molar-refractivity contribution is 5.80. The monoisotopic (exact) mass is 264 g/mol. The van der Waals surface area contributed by atoms with Gasteiger partial charge in [0.1, 0.15) is 0 Å². The van der Waals surface area contributed by atoms with E-state index in [0.717, 1.165) is 18.9 Å². The van der Waals surface area contributed by atoms with Gasteiger partial charge in [0, 0.05) is 12.6 Å². The lowest BCUT2D eigenvalue weighted by molar-refractivity contribution is -0.127. The number of fused-ring (bicyclic) bond motifs is 2. The number of nitrogens with two attached hydrogens (primary N) is 1. The summed E-state index contributed by atoms with van der Waals surface area (Å²) >= 11 is 0.